The zero-order valence-electron chi connectivity index (χ0n) is 10.3. The van der Waals surface area contributed by atoms with Crippen molar-refractivity contribution in [2.75, 3.05) is 33.9 Å². The van der Waals surface area contributed by atoms with Crippen LogP contribution >= 0.6 is 0 Å². The van der Waals surface area contributed by atoms with Gasteiger partial charge in [0.15, 0.2) is 0 Å². The summed E-state index contributed by atoms with van der Waals surface area (Å²) in [7, 11) is 4.21. The summed E-state index contributed by atoms with van der Waals surface area (Å²) in [6.45, 7) is 9.17. The first kappa shape index (κ1) is 13.9. The molecule has 0 saturated heterocycles. The molecule has 0 spiro atoms. The van der Waals surface area contributed by atoms with Gasteiger partial charge in [-0.2, -0.15) is 0 Å². The molecule has 0 bridgehead atoms. The first-order valence-electron chi connectivity index (χ1n) is 5.54. The number of nitrogens with zero attached hydrogens (tertiary/aromatic N) is 1. The quantitative estimate of drug-likeness (QED) is 0.643. The molecule has 14 heavy (non-hydrogen) atoms. The molecular formula is C11H26N2O. The van der Waals surface area contributed by atoms with Gasteiger partial charge >= 0.3 is 0 Å². The van der Waals surface area contributed by atoms with Crippen molar-refractivity contribution in [3.05, 3.63) is 0 Å². The molecule has 0 aromatic rings. The molecular weight excluding hydrogens is 176 g/mol. The lowest BCUT2D eigenvalue weighted by Gasteiger charge is -2.21. The fourth-order valence-electron chi connectivity index (χ4n) is 1.36. The minimum atomic E-state index is 0.451. The van der Waals surface area contributed by atoms with E-state index >= 15 is 0 Å². The number of hydrogen-bond donors (Lipinski definition) is 1. The Morgan fingerprint density at radius 3 is 2.36 bits per heavy atom. The molecule has 86 valence electrons. The third kappa shape index (κ3) is 8.48. The van der Waals surface area contributed by atoms with Crippen molar-refractivity contribution in [3.63, 3.8) is 0 Å². The molecule has 1 N–H and O–H groups in total. The molecule has 3 nitrogen and oxygen atoms in total. The maximum absolute atomic E-state index is 5.35. The van der Waals surface area contributed by atoms with Crippen molar-refractivity contribution >= 4 is 0 Å². The van der Waals surface area contributed by atoms with E-state index in [4.69, 9.17) is 4.74 Å². The molecule has 0 saturated carbocycles. The van der Waals surface area contributed by atoms with Gasteiger partial charge in [-0.15, -0.1) is 0 Å². The van der Waals surface area contributed by atoms with Gasteiger partial charge in [-0.1, -0.05) is 0 Å². The van der Waals surface area contributed by atoms with Crippen LogP contribution < -0.4 is 5.32 Å². The highest BCUT2D eigenvalue weighted by Crippen LogP contribution is 1.95. The summed E-state index contributed by atoms with van der Waals surface area (Å²) >= 11 is 0. The Kier molecular flexibility index (Phi) is 8.14. The van der Waals surface area contributed by atoms with E-state index < -0.39 is 0 Å². The molecule has 0 aromatic heterocycles. The average Bonchev–Trinajstić information content (AvgIpc) is 2.11. The van der Waals surface area contributed by atoms with Gasteiger partial charge in [0.1, 0.15) is 0 Å². The van der Waals surface area contributed by atoms with Crippen LogP contribution in [0.15, 0.2) is 0 Å². The second kappa shape index (κ2) is 8.21. The van der Waals surface area contributed by atoms with E-state index in [1.54, 1.807) is 0 Å². The van der Waals surface area contributed by atoms with Gasteiger partial charge in [-0.3, -0.25) is 0 Å². The normalized spacial score (nSPS) is 15.9. The predicted molar refractivity (Wildman–Crippen MR) is 61.7 cm³/mol. The van der Waals surface area contributed by atoms with Gasteiger partial charge in [0, 0.05) is 18.7 Å². The van der Waals surface area contributed by atoms with Crippen LogP contribution in [0.2, 0.25) is 0 Å². The number of nitrogens with one attached hydrogen (secondary N) is 1. The standard InChI is InChI=1S/C11H26N2O/c1-6-14-9-11(3)12-10(2)7-8-13(4)5/h10-12H,6-9H2,1-5H3. The van der Waals surface area contributed by atoms with Gasteiger partial charge in [0.2, 0.25) is 0 Å². The van der Waals surface area contributed by atoms with Crippen molar-refractivity contribution < 1.29 is 4.74 Å². The fourth-order valence-corrected chi connectivity index (χ4v) is 1.36. The molecule has 2 atom stereocenters. The lowest BCUT2D eigenvalue weighted by Crippen LogP contribution is -2.39. The van der Waals surface area contributed by atoms with Crippen LogP contribution in [-0.4, -0.2) is 50.8 Å². The van der Waals surface area contributed by atoms with E-state index in [9.17, 15) is 0 Å². The summed E-state index contributed by atoms with van der Waals surface area (Å²) < 4.78 is 5.35. The third-order valence-electron chi connectivity index (χ3n) is 2.15. The predicted octanol–water partition coefficient (Wildman–Crippen LogP) is 1.34. The Hall–Kier alpha value is -0.120. The lowest BCUT2D eigenvalue weighted by atomic mass is 10.2. The Labute approximate surface area is 88.8 Å². The van der Waals surface area contributed by atoms with Crippen LogP contribution in [0, 0.1) is 0 Å². The van der Waals surface area contributed by atoms with Crippen LogP contribution in [0.25, 0.3) is 0 Å². The van der Waals surface area contributed by atoms with Crippen molar-refractivity contribution in [1.29, 1.82) is 0 Å². The highest BCUT2D eigenvalue weighted by molar-refractivity contribution is 4.67. The van der Waals surface area contributed by atoms with Gasteiger partial charge in [0.25, 0.3) is 0 Å². The molecule has 0 radical (unpaired) electrons. The van der Waals surface area contributed by atoms with E-state index in [0.717, 1.165) is 19.8 Å². The van der Waals surface area contributed by atoms with E-state index in [1.807, 2.05) is 6.92 Å². The molecule has 0 aliphatic rings. The third-order valence-corrected chi connectivity index (χ3v) is 2.15. The molecule has 0 aliphatic carbocycles. The maximum atomic E-state index is 5.35. The van der Waals surface area contributed by atoms with Gasteiger partial charge in [-0.05, 0) is 47.8 Å². The first-order chi connectivity index (χ1) is 6.56. The highest BCUT2D eigenvalue weighted by Gasteiger charge is 2.07. The van der Waals surface area contributed by atoms with Crippen LogP contribution in [-0.2, 0) is 4.74 Å². The van der Waals surface area contributed by atoms with Gasteiger partial charge in [-0.25, -0.2) is 0 Å². The van der Waals surface area contributed by atoms with E-state index in [0.29, 0.717) is 12.1 Å². The number of rotatable bonds is 8. The van der Waals surface area contributed by atoms with E-state index in [1.165, 1.54) is 6.42 Å². The number of ether oxygens (including phenoxy) is 1. The zero-order valence-corrected chi connectivity index (χ0v) is 10.3. The summed E-state index contributed by atoms with van der Waals surface area (Å²) in [5.74, 6) is 0. The van der Waals surface area contributed by atoms with Crippen LogP contribution in [0.3, 0.4) is 0 Å². The van der Waals surface area contributed by atoms with Gasteiger partial charge in [0.05, 0.1) is 6.61 Å². The average molecular weight is 202 g/mol. The Morgan fingerprint density at radius 1 is 1.21 bits per heavy atom. The largest absolute Gasteiger partial charge is 0.380 e. The second-order valence-electron chi connectivity index (χ2n) is 4.22. The molecule has 0 heterocycles. The molecule has 0 rings (SSSR count). The maximum Gasteiger partial charge on any atom is 0.0616 e. The van der Waals surface area contributed by atoms with E-state index in [2.05, 4.69) is 38.2 Å². The summed E-state index contributed by atoms with van der Waals surface area (Å²) in [6, 6.07) is 1.01. The minimum Gasteiger partial charge on any atom is -0.380 e. The fraction of sp³-hybridized carbons (Fsp3) is 1.00. The molecule has 0 aromatic carbocycles. The second-order valence-corrected chi connectivity index (χ2v) is 4.22. The lowest BCUT2D eigenvalue weighted by molar-refractivity contribution is 0.123. The summed E-state index contributed by atoms with van der Waals surface area (Å²) in [4.78, 5) is 2.21. The monoisotopic (exact) mass is 202 g/mol. The first-order valence-corrected chi connectivity index (χ1v) is 5.54. The smallest absolute Gasteiger partial charge is 0.0616 e. The van der Waals surface area contributed by atoms with Crippen molar-refractivity contribution in [2.45, 2.75) is 39.3 Å². The molecule has 0 fully saturated rings. The summed E-state index contributed by atoms with van der Waals surface area (Å²) in [5, 5.41) is 3.52. The molecule has 3 heteroatoms. The number of hydrogen-bond acceptors (Lipinski definition) is 3. The molecule has 2 unspecified atom stereocenters. The minimum absolute atomic E-state index is 0.451. The zero-order chi connectivity index (χ0) is 11.0. The van der Waals surface area contributed by atoms with Crippen LogP contribution in [0.5, 0.6) is 0 Å². The summed E-state index contributed by atoms with van der Waals surface area (Å²) in [6.07, 6.45) is 1.18. The Balaban J connectivity index is 3.44. The van der Waals surface area contributed by atoms with Crippen molar-refractivity contribution in [1.82, 2.24) is 10.2 Å². The van der Waals surface area contributed by atoms with Gasteiger partial charge < -0.3 is 15.0 Å². The topological polar surface area (TPSA) is 24.5 Å². The molecule has 0 aliphatic heterocycles. The van der Waals surface area contributed by atoms with E-state index in [-0.39, 0.29) is 0 Å². The highest BCUT2D eigenvalue weighted by atomic mass is 16.5. The Bertz CT molecular complexity index is 128. The van der Waals surface area contributed by atoms with Crippen molar-refractivity contribution in [2.24, 2.45) is 0 Å². The molecule has 0 amide bonds. The van der Waals surface area contributed by atoms with Crippen LogP contribution in [0.4, 0.5) is 0 Å². The van der Waals surface area contributed by atoms with Crippen molar-refractivity contribution in [3.8, 4) is 0 Å². The van der Waals surface area contributed by atoms with Crippen LogP contribution in [0.1, 0.15) is 27.2 Å². The Morgan fingerprint density at radius 2 is 1.86 bits per heavy atom. The SMILES string of the molecule is CCOCC(C)NC(C)CCN(C)C. The summed E-state index contributed by atoms with van der Waals surface area (Å²) in [5.41, 5.74) is 0.